The van der Waals surface area contributed by atoms with E-state index in [0.717, 1.165) is 30.9 Å². The van der Waals surface area contributed by atoms with Gasteiger partial charge in [0.1, 0.15) is 0 Å². The number of unbranched alkanes of at least 4 members (excludes halogenated alkanes) is 1. The van der Waals surface area contributed by atoms with Crippen LogP contribution in [0, 0.1) is 0 Å². The van der Waals surface area contributed by atoms with Gasteiger partial charge in [0.25, 0.3) is 0 Å². The van der Waals surface area contributed by atoms with Crippen LogP contribution in [0.4, 0.5) is 0 Å². The van der Waals surface area contributed by atoms with Crippen molar-refractivity contribution < 1.29 is 25.3 Å². The third-order valence-electron chi connectivity index (χ3n) is 3.18. The van der Waals surface area contributed by atoms with Gasteiger partial charge in [0.15, 0.2) is 0 Å². The fraction of sp³-hybridized carbons (Fsp3) is 0.529. The van der Waals surface area contributed by atoms with Gasteiger partial charge >= 0.3 is 136 Å². The minimum absolute atomic E-state index is 0.237. The van der Waals surface area contributed by atoms with Gasteiger partial charge in [0.05, 0.1) is 0 Å². The number of hydrogen-bond donors (Lipinski definition) is 1. The zero-order valence-electron chi connectivity index (χ0n) is 13.3. The van der Waals surface area contributed by atoms with Crippen LogP contribution < -0.4 is 5.32 Å². The van der Waals surface area contributed by atoms with Gasteiger partial charge in [-0.05, 0) is 0 Å². The van der Waals surface area contributed by atoms with Crippen molar-refractivity contribution in [2.24, 2.45) is 0 Å². The second-order valence-electron chi connectivity index (χ2n) is 4.77. The molecule has 0 spiro atoms. The van der Waals surface area contributed by atoms with E-state index in [2.05, 4.69) is 36.2 Å². The quantitative estimate of drug-likeness (QED) is 0.354. The Bertz CT molecular complexity index is 366. The Labute approximate surface area is 136 Å². The fourth-order valence-electron chi connectivity index (χ4n) is 2.16. The van der Waals surface area contributed by atoms with Crippen LogP contribution in [0.5, 0.6) is 0 Å². The van der Waals surface area contributed by atoms with E-state index in [0.29, 0.717) is 0 Å². The first kappa shape index (κ1) is 18.6. The summed E-state index contributed by atoms with van der Waals surface area (Å²) in [6, 6.07) is 10.7. The molecule has 1 aromatic carbocycles. The summed E-state index contributed by atoms with van der Waals surface area (Å²) >= 11 is -1.69. The molecule has 0 saturated heterocycles. The summed E-state index contributed by atoms with van der Waals surface area (Å²) in [7, 11) is 0. The van der Waals surface area contributed by atoms with Crippen molar-refractivity contribution in [3.8, 4) is 0 Å². The molecule has 1 rings (SSSR count). The molecule has 117 valence electrons. The summed E-state index contributed by atoms with van der Waals surface area (Å²) in [5.41, 5.74) is 1.27. The molecule has 0 saturated carbocycles. The SMILES string of the molecule is C=CC(NCCC[CH2][Ti]([O]CC)[O]CC)c1ccccc1. The maximum absolute atomic E-state index is 5.71. The topological polar surface area (TPSA) is 30.5 Å². The molecule has 0 aliphatic heterocycles. The second kappa shape index (κ2) is 12.1. The van der Waals surface area contributed by atoms with Gasteiger partial charge in [-0.2, -0.15) is 0 Å². The van der Waals surface area contributed by atoms with Crippen LogP contribution in [0.25, 0.3) is 0 Å². The van der Waals surface area contributed by atoms with Gasteiger partial charge in [-0.3, -0.25) is 0 Å². The van der Waals surface area contributed by atoms with Crippen LogP contribution in [-0.4, -0.2) is 19.8 Å². The van der Waals surface area contributed by atoms with E-state index >= 15 is 0 Å². The Balaban J connectivity index is 2.21. The molecule has 0 aliphatic carbocycles. The predicted molar refractivity (Wildman–Crippen MR) is 84.7 cm³/mol. The van der Waals surface area contributed by atoms with Crippen LogP contribution in [0.2, 0.25) is 4.73 Å². The Hall–Kier alpha value is -0.446. The van der Waals surface area contributed by atoms with Crippen LogP contribution in [0.3, 0.4) is 0 Å². The van der Waals surface area contributed by atoms with Crippen LogP contribution in [0.15, 0.2) is 43.0 Å². The normalized spacial score (nSPS) is 12.1. The standard InChI is InChI=1S/C13H18N.2C2H5O.Ti/c1-3-5-11-14-13(4-2)12-9-7-6-8-10-12;2*1-2-3;/h4,6-10,13-14H,1-3,5,11H2;2*2H2,1H3;/q;2*-1;+2. The zero-order chi connectivity index (χ0) is 15.3. The molecule has 0 amide bonds. The first-order valence-corrected chi connectivity index (χ1v) is 10.2. The zero-order valence-corrected chi connectivity index (χ0v) is 14.9. The Kier molecular flexibility index (Phi) is 10.7. The van der Waals surface area contributed by atoms with Crippen LogP contribution in [0.1, 0.15) is 38.3 Å². The van der Waals surface area contributed by atoms with Crippen molar-refractivity contribution in [3.05, 3.63) is 48.6 Å². The van der Waals surface area contributed by atoms with Gasteiger partial charge < -0.3 is 0 Å². The first-order chi connectivity index (χ1) is 10.3. The summed E-state index contributed by atoms with van der Waals surface area (Å²) in [4.78, 5) is 0. The summed E-state index contributed by atoms with van der Waals surface area (Å²) in [5, 5.41) is 3.54. The molecule has 0 heterocycles. The van der Waals surface area contributed by atoms with E-state index in [9.17, 15) is 0 Å². The summed E-state index contributed by atoms with van der Waals surface area (Å²) in [6.07, 6.45) is 4.28. The monoisotopic (exact) mass is 326 g/mol. The van der Waals surface area contributed by atoms with E-state index < -0.39 is 18.6 Å². The third-order valence-corrected chi connectivity index (χ3v) is 6.27. The molecule has 1 atom stereocenters. The van der Waals surface area contributed by atoms with Gasteiger partial charge in [0, 0.05) is 0 Å². The van der Waals surface area contributed by atoms with Gasteiger partial charge in [-0.1, -0.05) is 0 Å². The molecule has 4 heteroatoms. The molecule has 0 aliphatic rings. The van der Waals surface area contributed by atoms with Gasteiger partial charge in [-0.15, -0.1) is 0 Å². The number of benzene rings is 1. The molecule has 3 nitrogen and oxygen atoms in total. The Morgan fingerprint density at radius 1 is 1.14 bits per heavy atom. The van der Waals surface area contributed by atoms with E-state index in [1.54, 1.807) is 0 Å². The average molecular weight is 326 g/mol. The minimum atomic E-state index is -1.69. The van der Waals surface area contributed by atoms with E-state index in [4.69, 9.17) is 6.64 Å². The molecular formula is C17H28NO2Ti. The van der Waals surface area contributed by atoms with Crippen molar-refractivity contribution in [1.82, 2.24) is 5.32 Å². The molecule has 0 bridgehead atoms. The molecule has 1 unspecified atom stereocenters. The number of rotatable bonds is 12. The molecular weight excluding hydrogens is 298 g/mol. The number of hydrogen-bond acceptors (Lipinski definition) is 3. The van der Waals surface area contributed by atoms with E-state index in [1.807, 2.05) is 26.0 Å². The molecule has 0 aromatic heterocycles. The second-order valence-corrected chi connectivity index (χ2v) is 7.62. The molecule has 21 heavy (non-hydrogen) atoms. The molecule has 0 fully saturated rings. The predicted octanol–water partition coefficient (Wildman–Crippen LogP) is 4.22. The van der Waals surface area contributed by atoms with Gasteiger partial charge in [0.2, 0.25) is 0 Å². The Morgan fingerprint density at radius 2 is 1.81 bits per heavy atom. The Morgan fingerprint density at radius 3 is 2.38 bits per heavy atom. The van der Waals surface area contributed by atoms with Crippen molar-refractivity contribution >= 4 is 0 Å². The fourth-order valence-corrected chi connectivity index (χ4v) is 4.59. The van der Waals surface area contributed by atoms with Crippen molar-refractivity contribution in [1.29, 1.82) is 0 Å². The van der Waals surface area contributed by atoms with Gasteiger partial charge in [-0.25, -0.2) is 0 Å². The maximum atomic E-state index is 5.71. The molecule has 1 N–H and O–H groups in total. The average Bonchev–Trinajstić information content (AvgIpc) is 2.52. The summed E-state index contributed by atoms with van der Waals surface area (Å²) < 4.78 is 12.5. The third kappa shape index (κ3) is 7.94. The van der Waals surface area contributed by atoms with E-state index in [1.165, 1.54) is 12.0 Å². The van der Waals surface area contributed by atoms with Crippen LogP contribution >= 0.6 is 0 Å². The summed E-state index contributed by atoms with van der Waals surface area (Å²) in [6.45, 7) is 10.6. The van der Waals surface area contributed by atoms with Crippen molar-refractivity contribution in [2.75, 3.05) is 19.8 Å². The van der Waals surface area contributed by atoms with E-state index in [-0.39, 0.29) is 6.04 Å². The number of nitrogens with one attached hydrogen (secondary N) is 1. The first-order valence-electron chi connectivity index (χ1n) is 7.84. The van der Waals surface area contributed by atoms with Crippen molar-refractivity contribution in [3.63, 3.8) is 0 Å². The van der Waals surface area contributed by atoms with Crippen LogP contribution in [-0.2, 0) is 25.3 Å². The van der Waals surface area contributed by atoms with Crippen molar-refractivity contribution in [2.45, 2.75) is 37.5 Å². The molecule has 0 radical (unpaired) electrons. The summed E-state index contributed by atoms with van der Waals surface area (Å²) in [5.74, 6) is 0. The molecule has 1 aromatic rings.